The van der Waals surface area contributed by atoms with Gasteiger partial charge in [0, 0.05) is 0 Å². The lowest BCUT2D eigenvalue weighted by atomic mass is 10.0. The van der Waals surface area contributed by atoms with E-state index in [9.17, 15) is 4.79 Å². The second-order valence-corrected chi connectivity index (χ2v) is 2.45. The molecule has 0 saturated heterocycles. The van der Waals surface area contributed by atoms with Gasteiger partial charge in [-0.1, -0.05) is 20.3 Å². The minimum Gasteiger partial charge on any atom is -0.386 e. The standard InChI is InChI=1S/C7H14O2/c1-3-6(2)4-7(9)5-8/h5-7,9H,3-4H2,1-2H3. The van der Waals surface area contributed by atoms with Crippen LogP contribution in [0.2, 0.25) is 0 Å². The van der Waals surface area contributed by atoms with Gasteiger partial charge in [-0.3, -0.25) is 0 Å². The molecule has 2 atom stereocenters. The van der Waals surface area contributed by atoms with Gasteiger partial charge in [-0.15, -0.1) is 0 Å². The van der Waals surface area contributed by atoms with Gasteiger partial charge < -0.3 is 9.90 Å². The maximum Gasteiger partial charge on any atom is 0.148 e. The Morgan fingerprint density at radius 3 is 2.56 bits per heavy atom. The van der Waals surface area contributed by atoms with Crippen molar-refractivity contribution in [1.29, 1.82) is 0 Å². The van der Waals surface area contributed by atoms with Crippen LogP contribution in [0.1, 0.15) is 26.7 Å². The lowest BCUT2D eigenvalue weighted by Gasteiger charge is -2.08. The summed E-state index contributed by atoms with van der Waals surface area (Å²) in [5.74, 6) is 0.449. The lowest BCUT2D eigenvalue weighted by molar-refractivity contribution is -0.115. The second-order valence-electron chi connectivity index (χ2n) is 2.45. The van der Waals surface area contributed by atoms with Gasteiger partial charge in [-0.2, -0.15) is 0 Å². The summed E-state index contributed by atoms with van der Waals surface area (Å²) in [5.41, 5.74) is 0. The van der Waals surface area contributed by atoms with Crippen LogP contribution in [0.15, 0.2) is 0 Å². The van der Waals surface area contributed by atoms with Crippen molar-refractivity contribution in [1.82, 2.24) is 0 Å². The van der Waals surface area contributed by atoms with Crippen molar-refractivity contribution in [3.63, 3.8) is 0 Å². The Balaban J connectivity index is 3.33. The number of rotatable bonds is 4. The summed E-state index contributed by atoms with van der Waals surface area (Å²) in [5, 5.41) is 8.79. The van der Waals surface area contributed by atoms with E-state index in [0.717, 1.165) is 6.42 Å². The minimum absolute atomic E-state index is 0.449. The van der Waals surface area contributed by atoms with Crippen molar-refractivity contribution < 1.29 is 9.90 Å². The molecule has 0 aliphatic heterocycles. The number of hydrogen-bond donors (Lipinski definition) is 1. The summed E-state index contributed by atoms with van der Waals surface area (Å²) in [7, 11) is 0. The lowest BCUT2D eigenvalue weighted by Crippen LogP contribution is -2.11. The van der Waals surface area contributed by atoms with Gasteiger partial charge in [-0.25, -0.2) is 0 Å². The Morgan fingerprint density at radius 1 is 1.67 bits per heavy atom. The fraction of sp³-hybridized carbons (Fsp3) is 0.857. The highest BCUT2D eigenvalue weighted by atomic mass is 16.3. The predicted octanol–water partition coefficient (Wildman–Crippen LogP) is 0.982. The second kappa shape index (κ2) is 4.50. The molecular weight excluding hydrogens is 116 g/mol. The van der Waals surface area contributed by atoms with E-state index in [-0.39, 0.29) is 0 Å². The van der Waals surface area contributed by atoms with Gasteiger partial charge in [0.25, 0.3) is 0 Å². The van der Waals surface area contributed by atoms with E-state index in [1.165, 1.54) is 0 Å². The summed E-state index contributed by atoms with van der Waals surface area (Å²) in [4.78, 5) is 9.91. The van der Waals surface area contributed by atoms with E-state index >= 15 is 0 Å². The zero-order valence-electron chi connectivity index (χ0n) is 6.00. The van der Waals surface area contributed by atoms with Crippen molar-refractivity contribution in [3.05, 3.63) is 0 Å². The summed E-state index contributed by atoms with van der Waals surface area (Å²) in [6, 6.07) is 0. The van der Waals surface area contributed by atoms with E-state index < -0.39 is 6.10 Å². The van der Waals surface area contributed by atoms with Crippen LogP contribution in [0.3, 0.4) is 0 Å². The van der Waals surface area contributed by atoms with Crippen LogP contribution < -0.4 is 0 Å². The van der Waals surface area contributed by atoms with Crippen molar-refractivity contribution in [2.75, 3.05) is 0 Å². The first-order chi connectivity index (χ1) is 4.20. The third-order valence-corrected chi connectivity index (χ3v) is 1.50. The van der Waals surface area contributed by atoms with E-state index in [0.29, 0.717) is 18.6 Å². The molecule has 1 N–H and O–H groups in total. The van der Waals surface area contributed by atoms with Crippen LogP contribution in [-0.4, -0.2) is 17.5 Å². The number of aliphatic hydroxyl groups excluding tert-OH is 1. The van der Waals surface area contributed by atoms with Crippen molar-refractivity contribution >= 4 is 6.29 Å². The Kier molecular flexibility index (Phi) is 4.32. The quantitative estimate of drug-likeness (QED) is 0.576. The maximum absolute atomic E-state index is 9.91. The summed E-state index contributed by atoms with van der Waals surface area (Å²) < 4.78 is 0. The average Bonchev–Trinajstić information content (AvgIpc) is 1.87. The summed E-state index contributed by atoms with van der Waals surface area (Å²) >= 11 is 0. The third kappa shape index (κ3) is 4.15. The highest BCUT2D eigenvalue weighted by molar-refractivity contribution is 5.55. The Bertz CT molecular complexity index is 81.0. The first-order valence-corrected chi connectivity index (χ1v) is 3.34. The molecule has 0 aromatic heterocycles. The monoisotopic (exact) mass is 130 g/mol. The van der Waals surface area contributed by atoms with Gasteiger partial charge in [0.2, 0.25) is 0 Å². The van der Waals surface area contributed by atoms with Crippen molar-refractivity contribution in [2.45, 2.75) is 32.8 Å². The molecule has 0 aliphatic carbocycles. The molecule has 9 heavy (non-hydrogen) atoms. The molecule has 0 aliphatic rings. The van der Waals surface area contributed by atoms with E-state index in [4.69, 9.17) is 5.11 Å². The van der Waals surface area contributed by atoms with Gasteiger partial charge in [-0.05, 0) is 12.3 Å². The number of aldehydes is 1. The molecular formula is C7H14O2. The van der Waals surface area contributed by atoms with Crippen molar-refractivity contribution in [2.24, 2.45) is 5.92 Å². The number of aliphatic hydroxyl groups is 1. The van der Waals surface area contributed by atoms with E-state index in [1.54, 1.807) is 0 Å². The molecule has 0 saturated carbocycles. The van der Waals surface area contributed by atoms with Gasteiger partial charge >= 0.3 is 0 Å². The molecule has 0 radical (unpaired) electrons. The zero-order chi connectivity index (χ0) is 7.28. The fourth-order valence-corrected chi connectivity index (χ4v) is 0.634. The highest BCUT2D eigenvalue weighted by Gasteiger charge is 2.05. The third-order valence-electron chi connectivity index (χ3n) is 1.50. The molecule has 0 aromatic rings. The van der Waals surface area contributed by atoms with Crippen LogP contribution in [-0.2, 0) is 4.79 Å². The molecule has 2 unspecified atom stereocenters. The van der Waals surface area contributed by atoms with E-state index in [2.05, 4.69) is 0 Å². The van der Waals surface area contributed by atoms with Crippen LogP contribution >= 0.6 is 0 Å². The molecule has 0 fully saturated rings. The number of carbonyl (C=O) groups excluding carboxylic acids is 1. The van der Waals surface area contributed by atoms with Crippen LogP contribution in [0.5, 0.6) is 0 Å². The molecule has 0 amide bonds. The molecule has 54 valence electrons. The topological polar surface area (TPSA) is 37.3 Å². The number of carbonyl (C=O) groups is 1. The molecule has 0 aromatic carbocycles. The van der Waals surface area contributed by atoms with Crippen LogP contribution in [0.25, 0.3) is 0 Å². The Labute approximate surface area is 55.9 Å². The first kappa shape index (κ1) is 8.63. The minimum atomic E-state index is -0.750. The Hall–Kier alpha value is -0.370. The van der Waals surface area contributed by atoms with Gasteiger partial charge in [0.05, 0.1) is 0 Å². The van der Waals surface area contributed by atoms with Crippen molar-refractivity contribution in [3.8, 4) is 0 Å². The number of hydrogen-bond acceptors (Lipinski definition) is 2. The molecule has 2 heteroatoms. The maximum atomic E-state index is 9.91. The first-order valence-electron chi connectivity index (χ1n) is 3.34. The van der Waals surface area contributed by atoms with Gasteiger partial charge in [0.1, 0.15) is 12.4 Å². The molecule has 0 bridgehead atoms. The predicted molar refractivity (Wildman–Crippen MR) is 36.1 cm³/mol. The Morgan fingerprint density at radius 2 is 2.22 bits per heavy atom. The van der Waals surface area contributed by atoms with Crippen LogP contribution in [0.4, 0.5) is 0 Å². The molecule has 2 nitrogen and oxygen atoms in total. The average molecular weight is 130 g/mol. The zero-order valence-corrected chi connectivity index (χ0v) is 6.00. The highest BCUT2D eigenvalue weighted by Crippen LogP contribution is 2.07. The van der Waals surface area contributed by atoms with Gasteiger partial charge in [0.15, 0.2) is 0 Å². The fourth-order valence-electron chi connectivity index (χ4n) is 0.634. The normalized spacial score (nSPS) is 16.8. The molecule has 0 rings (SSSR count). The largest absolute Gasteiger partial charge is 0.386 e. The SMILES string of the molecule is CCC(C)CC(O)C=O. The smallest absolute Gasteiger partial charge is 0.148 e. The van der Waals surface area contributed by atoms with Crippen LogP contribution in [0, 0.1) is 5.92 Å². The summed E-state index contributed by atoms with van der Waals surface area (Å²) in [6.07, 6.45) is 1.46. The van der Waals surface area contributed by atoms with E-state index in [1.807, 2.05) is 13.8 Å². The molecule has 0 heterocycles. The summed E-state index contributed by atoms with van der Waals surface area (Å²) in [6.45, 7) is 4.06. The molecule has 0 spiro atoms.